The van der Waals surface area contributed by atoms with Gasteiger partial charge in [0.1, 0.15) is 24.1 Å². The number of hydrogen-bond donors (Lipinski definition) is 7. The van der Waals surface area contributed by atoms with Crippen LogP contribution >= 0.6 is 11.6 Å². The number of ether oxygens (including phenoxy) is 3. The molecule has 1 fully saturated rings. The van der Waals surface area contributed by atoms with Gasteiger partial charge in [-0.1, -0.05) is 35.9 Å². The van der Waals surface area contributed by atoms with Crippen LogP contribution in [0.15, 0.2) is 41.4 Å². The highest BCUT2D eigenvalue weighted by atomic mass is 35.5. The number of aliphatic hydroxyl groups excluding tert-OH is 3. The standard InChI is InChI=1S/C32H44ClN7O7/c1-18-29(33)39-26(30(34)38-18)31(44)40-32(35)37-12-4-3-6-20-7-8-22-15-23(10-9-21(22)14-20)45-13-5-11-36-16-24(41)27(43)28-25(42)17-46-19(2)47-28/h7-10,14-15,19,24-25,27-28,36,41-43H,3-6,11-13,16-17H2,1-2H3,(H2,34,38)(H3,35,37,40,44)/t19?,24-,25+,27+,28+/m0/s1. The van der Waals surface area contributed by atoms with E-state index in [0.717, 1.165) is 35.8 Å². The SMILES string of the molecule is Cc1nc(N)c(C(=O)NC(N)=NCCCCc2ccc3cc(OCCCNC[C@H](O)[C@@H](O)[C@@H]4OC(C)OC[C@H]4O)ccc3c2)nc1Cl. The van der Waals surface area contributed by atoms with Crippen LogP contribution in [0.4, 0.5) is 5.82 Å². The van der Waals surface area contributed by atoms with Gasteiger partial charge in [-0.2, -0.15) is 0 Å². The number of nitrogen functional groups attached to an aromatic ring is 1. The lowest BCUT2D eigenvalue weighted by molar-refractivity contribution is -0.271. The van der Waals surface area contributed by atoms with Gasteiger partial charge in [-0.3, -0.25) is 15.1 Å². The van der Waals surface area contributed by atoms with E-state index in [1.165, 1.54) is 5.56 Å². The molecule has 9 N–H and O–H groups in total. The molecule has 1 aliphatic heterocycles. The molecule has 256 valence electrons. The summed E-state index contributed by atoms with van der Waals surface area (Å²) in [5, 5.41) is 38.5. The molecule has 0 bridgehead atoms. The van der Waals surface area contributed by atoms with Gasteiger partial charge < -0.3 is 46.3 Å². The Balaban J connectivity index is 1.12. The average molecular weight is 674 g/mol. The normalized spacial score (nSPS) is 19.8. The molecule has 1 unspecified atom stereocenters. The zero-order valence-corrected chi connectivity index (χ0v) is 27.3. The summed E-state index contributed by atoms with van der Waals surface area (Å²) in [5.41, 5.74) is 13.1. The monoisotopic (exact) mass is 673 g/mol. The molecule has 15 heteroatoms. The van der Waals surface area contributed by atoms with Crippen molar-refractivity contribution in [2.75, 3.05) is 38.6 Å². The van der Waals surface area contributed by atoms with Gasteiger partial charge in [-0.25, -0.2) is 9.97 Å². The van der Waals surface area contributed by atoms with Crippen LogP contribution in [-0.2, 0) is 15.9 Å². The van der Waals surface area contributed by atoms with Crippen molar-refractivity contribution in [2.45, 2.75) is 70.2 Å². The molecule has 2 aromatic carbocycles. The number of guanidine groups is 1. The van der Waals surface area contributed by atoms with E-state index in [-0.39, 0.29) is 35.8 Å². The van der Waals surface area contributed by atoms with Crippen molar-refractivity contribution in [3.63, 3.8) is 0 Å². The van der Waals surface area contributed by atoms with Gasteiger partial charge in [0.2, 0.25) is 0 Å². The number of halogens is 1. The fourth-order valence-electron chi connectivity index (χ4n) is 5.02. The summed E-state index contributed by atoms with van der Waals surface area (Å²) in [6.07, 6.45) is -1.56. The van der Waals surface area contributed by atoms with E-state index in [2.05, 4.69) is 43.8 Å². The van der Waals surface area contributed by atoms with E-state index in [4.69, 9.17) is 37.3 Å². The molecule has 0 radical (unpaired) electrons. The molecule has 47 heavy (non-hydrogen) atoms. The fraction of sp³-hybridized carbons (Fsp3) is 0.500. The number of carbonyl (C=O) groups is 1. The lowest BCUT2D eigenvalue weighted by Gasteiger charge is -2.36. The summed E-state index contributed by atoms with van der Waals surface area (Å²) in [6, 6.07) is 12.3. The van der Waals surface area contributed by atoms with Crippen LogP contribution in [0.5, 0.6) is 5.75 Å². The number of aliphatic imine (C=N–C) groups is 1. The number of rotatable bonds is 15. The van der Waals surface area contributed by atoms with Crippen LogP contribution in [0.25, 0.3) is 10.8 Å². The maximum Gasteiger partial charge on any atom is 0.280 e. The lowest BCUT2D eigenvalue weighted by atomic mass is 10.0. The van der Waals surface area contributed by atoms with Crippen molar-refractivity contribution in [3.05, 3.63) is 58.5 Å². The number of fused-ring (bicyclic) bond motifs is 1. The first-order valence-electron chi connectivity index (χ1n) is 15.6. The number of aryl methyl sites for hydroxylation is 2. The summed E-state index contributed by atoms with van der Waals surface area (Å²) < 4.78 is 16.5. The molecular formula is C32H44ClN7O7. The summed E-state index contributed by atoms with van der Waals surface area (Å²) in [7, 11) is 0. The van der Waals surface area contributed by atoms with Crippen molar-refractivity contribution < 1.29 is 34.3 Å². The smallest absolute Gasteiger partial charge is 0.280 e. The number of amides is 1. The third kappa shape index (κ3) is 10.7. The maximum absolute atomic E-state index is 12.4. The maximum atomic E-state index is 12.4. The minimum atomic E-state index is -1.24. The van der Waals surface area contributed by atoms with E-state index in [0.29, 0.717) is 31.8 Å². The summed E-state index contributed by atoms with van der Waals surface area (Å²) in [6.45, 7) is 5.02. The largest absolute Gasteiger partial charge is 0.494 e. The summed E-state index contributed by atoms with van der Waals surface area (Å²) in [4.78, 5) is 24.5. The Bertz CT molecular complexity index is 1530. The number of hydrogen-bond acceptors (Lipinski definition) is 12. The predicted octanol–water partition coefficient (Wildman–Crippen LogP) is 1.44. The number of nitrogens with two attached hydrogens (primary N) is 2. The second-order valence-electron chi connectivity index (χ2n) is 11.4. The van der Waals surface area contributed by atoms with Gasteiger partial charge in [-0.15, -0.1) is 0 Å². The van der Waals surface area contributed by atoms with Crippen LogP contribution in [0, 0.1) is 6.92 Å². The third-order valence-electron chi connectivity index (χ3n) is 7.61. The van der Waals surface area contributed by atoms with Crippen LogP contribution in [0.3, 0.4) is 0 Å². The highest BCUT2D eigenvalue weighted by Gasteiger charge is 2.37. The zero-order chi connectivity index (χ0) is 33.9. The number of aliphatic hydroxyl groups is 3. The Morgan fingerprint density at radius 2 is 1.94 bits per heavy atom. The molecule has 5 atom stereocenters. The van der Waals surface area contributed by atoms with Crippen molar-refractivity contribution in [2.24, 2.45) is 10.7 Å². The second-order valence-corrected chi connectivity index (χ2v) is 11.7. The number of benzene rings is 2. The molecule has 1 aliphatic rings. The first-order valence-corrected chi connectivity index (χ1v) is 16.0. The minimum Gasteiger partial charge on any atom is -0.494 e. The number of nitrogens with one attached hydrogen (secondary N) is 2. The molecule has 1 amide bonds. The van der Waals surface area contributed by atoms with Gasteiger partial charge in [-0.05, 0) is 74.5 Å². The Morgan fingerprint density at radius 3 is 2.74 bits per heavy atom. The van der Waals surface area contributed by atoms with Crippen LogP contribution in [0.2, 0.25) is 5.15 Å². The van der Waals surface area contributed by atoms with Crippen molar-refractivity contribution in [3.8, 4) is 5.75 Å². The van der Waals surface area contributed by atoms with Crippen LogP contribution in [-0.4, -0.2) is 101 Å². The fourth-order valence-corrected chi connectivity index (χ4v) is 5.15. The lowest BCUT2D eigenvalue weighted by Crippen LogP contribution is -2.54. The Hall–Kier alpha value is -3.63. The highest BCUT2D eigenvalue weighted by Crippen LogP contribution is 2.23. The summed E-state index contributed by atoms with van der Waals surface area (Å²) >= 11 is 5.94. The van der Waals surface area contributed by atoms with Gasteiger partial charge in [0, 0.05) is 13.1 Å². The van der Waals surface area contributed by atoms with Crippen LogP contribution in [0.1, 0.15) is 47.9 Å². The van der Waals surface area contributed by atoms with E-state index in [1.54, 1.807) is 13.8 Å². The molecular weight excluding hydrogens is 630 g/mol. The van der Waals surface area contributed by atoms with E-state index < -0.39 is 36.6 Å². The van der Waals surface area contributed by atoms with E-state index >= 15 is 0 Å². The average Bonchev–Trinajstić information content (AvgIpc) is 3.04. The van der Waals surface area contributed by atoms with E-state index in [9.17, 15) is 20.1 Å². The van der Waals surface area contributed by atoms with Crippen molar-refractivity contribution in [1.82, 2.24) is 20.6 Å². The molecule has 14 nitrogen and oxygen atoms in total. The zero-order valence-electron chi connectivity index (χ0n) is 26.6. The minimum absolute atomic E-state index is 0.0283. The first-order chi connectivity index (χ1) is 22.5. The quantitative estimate of drug-likeness (QED) is 0.0692. The highest BCUT2D eigenvalue weighted by molar-refractivity contribution is 6.30. The number of nitrogens with zero attached hydrogens (tertiary/aromatic N) is 3. The Kier molecular flexibility index (Phi) is 13.5. The second kappa shape index (κ2) is 17.5. The molecule has 3 aromatic rings. The van der Waals surface area contributed by atoms with Crippen molar-refractivity contribution in [1.29, 1.82) is 0 Å². The van der Waals surface area contributed by atoms with Gasteiger partial charge in [0.25, 0.3) is 5.91 Å². The van der Waals surface area contributed by atoms with Gasteiger partial charge in [0.05, 0.1) is 25.0 Å². The van der Waals surface area contributed by atoms with Crippen LogP contribution < -0.4 is 26.8 Å². The number of anilines is 1. The first kappa shape index (κ1) is 36.2. The summed E-state index contributed by atoms with van der Waals surface area (Å²) in [5.74, 6) is 0.0813. The van der Waals surface area contributed by atoms with E-state index in [1.807, 2.05) is 18.2 Å². The molecule has 2 heterocycles. The molecule has 0 spiro atoms. The van der Waals surface area contributed by atoms with Crippen molar-refractivity contribution >= 4 is 40.1 Å². The van der Waals surface area contributed by atoms with Gasteiger partial charge in [0.15, 0.2) is 28.9 Å². The third-order valence-corrected chi connectivity index (χ3v) is 7.97. The Morgan fingerprint density at radius 1 is 1.17 bits per heavy atom. The van der Waals surface area contributed by atoms with Gasteiger partial charge >= 0.3 is 0 Å². The molecule has 0 aliphatic carbocycles. The molecule has 1 saturated heterocycles. The topological polar surface area (TPSA) is 220 Å². The molecule has 0 saturated carbocycles. The molecule has 1 aromatic heterocycles. The predicted molar refractivity (Wildman–Crippen MR) is 178 cm³/mol. The molecule has 4 rings (SSSR count). The number of aromatic nitrogens is 2. The number of carbonyl (C=O) groups excluding carboxylic acids is 1. The number of unbranched alkanes of at least 4 members (excludes halogenated alkanes) is 1. The Labute approximate surface area is 278 Å².